The van der Waals surface area contributed by atoms with Crippen LogP contribution < -0.4 is 5.73 Å². The average Bonchev–Trinajstić information content (AvgIpc) is 2.68. The molecular weight excluding hydrogens is 273 g/mol. The van der Waals surface area contributed by atoms with E-state index in [1.165, 1.54) is 6.07 Å². The number of aryl methyl sites for hydroxylation is 1. The third-order valence-electron chi connectivity index (χ3n) is 2.39. The van der Waals surface area contributed by atoms with Gasteiger partial charge in [0, 0.05) is 18.8 Å². The number of aromatic nitrogens is 2. The lowest BCUT2D eigenvalue weighted by molar-refractivity contribution is 0.619. The predicted molar refractivity (Wildman–Crippen MR) is 63.3 cm³/mol. The van der Waals surface area contributed by atoms with E-state index in [2.05, 4.69) is 21.0 Å². The van der Waals surface area contributed by atoms with Crippen molar-refractivity contribution in [1.82, 2.24) is 9.78 Å². The zero-order valence-corrected chi connectivity index (χ0v) is 10.3. The second-order valence-corrected chi connectivity index (χ2v) is 4.45. The summed E-state index contributed by atoms with van der Waals surface area (Å²) >= 11 is 3.14. The van der Waals surface area contributed by atoms with Gasteiger partial charge in [0.2, 0.25) is 0 Å². The molecule has 0 saturated carbocycles. The highest BCUT2D eigenvalue weighted by molar-refractivity contribution is 9.10. The zero-order chi connectivity index (χ0) is 11.7. The minimum absolute atomic E-state index is 0.286. The van der Waals surface area contributed by atoms with Gasteiger partial charge < -0.3 is 5.73 Å². The summed E-state index contributed by atoms with van der Waals surface area (Å²) in [5.41, 5.74) is 7.80. The SMILES string of the molecule is Cn1cc(C(N)c2ccc(F)c(Br)c2)cn1. The van der Waals surface area contributed by atoms with Crippen LogP contribution in [0.15, 0.2) is 35.1 Å². The van der Waals surface area contributed by atoms with Crippen LogP contribution in [0.2, 0.25) is 0 Å². The molecular formula is C11H11BrFN3. The van der Waals surface area contributed by atoms with E-state index in [0.29, 0.717) is 4.47 Å². The standard InChI is InChI=1S/C11H11BrFN3/c1-16-6-8(5-15-16)11(14)7-2-3-10(13)9(12)4-7/h2-6,11H,14H2,1H3. The molecule has 0 bridgehead atoms. The van der Waals surface area contributed by atoms with Gasteiger partial charge in [0.25, 0.3) is 0 Å². The van der Waals surface area contributed by atoms with Crippen LogP contribution in [0.3, 0.4) is 0 Å². The van der Waals surface area contributed by atoms with Gasteiger partial charge in [-0.05, 0) is 33.6 Å². The molecule has 0 radical (unpaired) electrons. The van der Waals surface area contributed by atoms with E-state index >= 15 is 0 Å². The predicted octanol–water partition coefficient (Wildman–Crippen LogP) is 2.37. The maximum Gasteiger partial charge on any atom is 0.137 e. The van der Waals surface area contributed by atoms with E-state index < -0.39 is 0 Å². The van der Waals surface area contributed by atoms with Crippen molar-refractivity contribution in [2.24, 2.45) is 12.8 Å². The highest BCUT2D eigenvalue weighted by Crippen LogP contribution is 2.24. The fourth-order valence-corrected chi connectivity index (χ4v) is 1.90. The average molecular weight is 284 g/mol. The maximum absolute atomic E-state index is 13.1. The highest BCUT2D eigenvalue weighted by atomic mass is 79.9. The van der Waals surface area contributed by atoms with Crippen molar-refractivity contribution in [2.45, 2.75) is 6.04 Å². The molecule has 5 heteroatoms. The summed E-state index contributed by atoms with van der Waals surface area (Å²) in [6.45, 7) is 0. The van der Waals surface area contributed by atoms with E-state index in [-0.39, 0.29) is 11.9 Å². The van der Waals surface area contributed by atoms with E-state index in [9.17, 15) is 4.39 Å². The summed E-state index contributed by atoms with van der Waals surface area (Å²) in [4.78, 5) is 0. The first-order valence-electron chi connectivity index (χ1n) is 4.77. The second kappa shape index (κ2) is 4.35. The van der Waals surface area contributed by atoms with Gasteiger partial charge in [-0.15, -0.1) is 0 Å². The van der Waals surface area contributed by atoms with Gasteiger partial charge in [-0.25, -0.2) is 4.39 Å². The minimum atomic E-state index is -0.290. The van der Waals surface area contributed by atoms with E-state index in [4.69, 9.17) is 5.73 Å². The molecule has 1 unspecified atom stereocenters. The molecule has 0 saturated heterocycles. The van der Waals surface area contributed by atoms with Crippen LogP contribution in [0.1, 0.15) is 17.2 Å². The van der Waals surface area contributed by atoms with Crippen molar-refractivity contribution in [3.63, 3.8) is 0 Å². The lowest BCUT2D eigenvalue weighted by atomic mass is 10.0. The summed E-state index contributed by atoms with van der Waals surface area (Å²) in [5.74, 6) is -0.290. The molecule has 1 aromatic carbocycles. The van der Waals surface area contributed by atoms with E-state index in [1.807, 2.05) is 13.2 Å². The fraction of sp³-hybridized carbons (Fsp3) is 0.182. The number of hydrogen-bond donors (Lipinski definition) is 1. The monoisotopic (exact) mass is 283 g/mol. The smallest absolute Gasteiger partial charge is 0.137 e. The number of nitrogens with two attached hydrogens (primary N) is 1. The first kappa shape index (κ1) is 11.3. The van der Waals surface area contributed by atoms with Crippen LogP contribution in [-0.2, 0) is 7.05 Å². The summed E-state index contributed by atoms with van der Waals surface area (Å²) in [7, 11) is 1.83. The fourth-order valence-electron chi connectivity index (χ4n) is 1.50. The van der Waals surface area contributed by atoms with Gasteiger partial charge in [-0.2, -0.15) is 5.10 Å². The molecule has 3 nitrogen and oxygen atoms in total. The van der Waals surface area contributed by atoms with Crippen LogP contribution >= 0.6 is 15.9 Å². The molecule has 1 heterocycles. The van der Waals surface area contributed by atoms with Crippen molar-refractivity contribution in [3.05, 3.63) is 52.0 Å². The molecule has 2 rings (SSSR count). The number of nitrogens with zero attached hydrogens (tertiary/aromatic N) is 2. The summed E-state index contributed by atoms with van der Waals surface area (Å²) in [6, 6.07) is 4.48. The Balaban J connectivity index is 2.33. The molecule has 0 spiro atoms. The van der Waals surface area contributed by atoms with Crippen molar-refractivity contribution in [3.8, 4) is 0 Å². The quantitative estimate of drug-likeness (QED) is 0.920. The Morgan fingerprint density at radius 1 is 1.44 bits per heavy atom. The summed E-state index contributed by atoms with van der Waals surface area (Å²) in [6.07, 6.45) is 3.56. The van der Waals surface area contributed by atoms with Crippen LogP contribution in [0, 0.1) is 5.82 Å². The van der Waals surface area contributed by atoms with E-state index in [1.54, 1.807) is 23.0 Å². The third kappa shape index (κ3) is 2.15. The Kier molecular flexibility index (Phi) is 3.07. The molecule has 0 aliphatic heterocycles. The van der Waals surface area contributed by atoms with Gasteiger partial charge in [0.1, 0.15) is 5.82 Å². The van der Waals surface area contributed by atoms with E-state index in [0.717, 1.165) is 11.1 Å². The van der Waals surface area contributed by atoms with Crippen molar-refractivity contribution < 1.29 is 4.39 Å². The first-order chi connectivity index (χ1) is 7.58. The maximum atomic E-state index is 13.1. The van der Waals surface area contributed by atoms with Gasteiger partial charge in [-0.3, -0.25) is 4.68 Å². The van der Waals surface area contributed by atoms with Crippen molar-refractivity contribution >= 4 is 15.9 Å². The Labute approximate surface area is 101 Å². The van der Waals surface area contributed by atoms with Crippen LogP contribution in [-0.4, -0.2) is 9.78 Å². The summed E-state index contributed by atoms with van der Waals surface area (Å²) < 4.78 is 15.2. The molecule has 0 amide bonds. The van der Waals surface area contributed by atoms with Crippen LogP contribution in [0.4, 0.5) is 4.39 Å². The molecule has 0 aliphatic carbocycles. The number of hydrogen-bond acceptors (Lipinski definition) is 2. The van der Waals surface area contributed by atoms with Gasteiger partial charge in [0.05, 0.1) is 16.7 Å². The number of rotatable bonds is 2. The molecule has 2 aromatic rings. The van der Waals surface area contributed by atoms with Crippen LogP contribution in [0.25, 0.3) is 0 Å². The number of halogens is 2. The zero-order valence-electron chi connectivity index (χ0n) is 8.69. The molecule has 0 fully saturated rings. The second-order valence-electron chi connectivity index (χ2n) is 3.60. The lowest BCUT2D eigenvalue weighted by Crippen LogP contribution is -2.11. The highest BCUT2D eigenvalue weighted by Gasteiger charge is 2.12. The minimum Gasteiger partial charge on any atom is -0.320 e. The molecule has 84 valence electrons. The van der Waals surface area contributed by atoms with Crippen molar-refractivity contribution in [2.75, 3.05) is 0 Å². The molecule has 1 atom stereocenters. The third-order valence-corrected chi connectivity index (χ3v) is 2.99. The van der Waals surface area contributed by atoms with Gasteiger partial charge >= 0.3 is 0 Å². The van der Waals surface area contributed by atoms with Crippen LogP contribution in [0.5, 0.6) is 0 Å². The Morgan fingerprint density at radius 3 is 2.75 bits per heavy atom. The molecule has 16 heavy (non-hydrogen) atoms. The Morgan fingerprint density at radius 2 is 2.19 bits per heavy atom. The molecule has 2 N–H and O–H groups in total. The molecule has 1 aromatic heterocycles. The van der Waals surface area contributed by atoms with Crippen molar-refractivity contribution in [1.29, 1.82) is 0 Å². The van der Waals surface area contributed by atoms with Gasteiger partial charge in [0.15, 0.2) is 0 Å². The largest absolute Gasteiger partial charge is 0.320 e. The lowest BCUT2D eigenvalue weighted by Gasteiger charge is -2.10. The normalized spacial score (nSPS) is 12.8. The molecule has 0 aliphatic rings. The van der Waals surface area contributed by atoms with Gasteiger partial charge in [-0.1, -0.05) is 6.07 Å². The topological polar surface area (TPSA) is 43.8 Å². The summed E-state index contributed by atoms with van der Waals surface area (Å²) in [5, 5.41) is 4.05. The number of benzene rings is 1. The first-order valence-corrected chi connectivity index (χ1v) is 5.56. The Bertz CT molecular complexity index is 510. The Hall–Kier alpha value is -1.20.